The number of methoxy groups -OCH3 is 2. The molecule has 0 aliphatic carbocycles. The minimum Gasteiger partial charge on any atom is -0.480 e. The van der Waals surface area contributed by atoms with E-state index in [0.29, 0.717) is 17.1 Å². The zero-order chi connectivity index (χ0) is 12.3. The Kier molecular flexibility index (Phi) is 3.04. The summed E-state index contributed by atoms with van der Waals surface area (Å²) in [5.74, 6) is 0.346. The van der Waals surface area contributed by atoms with E-state index in [1.807, 2.05) is 0 Å². The molecule has 17 heavy (non-hydrogen) atoms. The molecule has 6 nitrogen and oxygen atoms in total. The van der Waals surface area contributed by atoms with Crippen LogP contribution in [0.3, 0.4) is 0 Å². The van der Waals surface area contributed by atoms with Crippen molar-refractivity contribution in [3.05, 3.63) is 34.7 Å². The van der Waals surface area contributed by atoms with Crippen LogP contribution in [0.2, 0.25) is 0 Å². The summed E-state index contributed by atoms with van der Waals surface area (Å²) in [5.41, 5.74) is 1.00. The van der Waals surface area contributed by atoms with Gasteiger partial charge in [-0.05, 0) is 6.07 Å². The Morgan fingerprint density at radius 1 is 1.24 bits per heavy atom. The average Bonchev–Trinajstić information content (AvgIpc) is 2.38. The van der Waals surface area contributed by atoms with Crippen LogP contribution in [0.4, 0.5) is 0 Å². The van der Waals surface area contributed by atoms with Crippen molar-refractivity contribution >= 4 is 0 Å². The SMILES string of the molecule is COc1ncc(-c2cccc(=O)[nH]2)c(OC)n1. The highest BCUT2D eigenvalue weighted by atomic mass is 16.5. The van der Waals surface area contributed by atoms with E-state index >= 15 is 0 Å². The smallest absolute Gasteiger partial charge is 0.319 e. The van der Waals surface area contributed by atoms with Gasteiger partial charge in [0, 0.05) is 12.3 Å². The van der Waals surface area contributed by atoms with E-state index in [2.05, 4.69) is 15.0 Å². The van der Waals surface area contributed by atoms with Gasteiger partial charge in [-0.2, -0.15) is 4.98 Å². The maximum Gasteiger partial charge on any atom is 0.319 e. The molecule has 0 unspecified atom stereocenters. The number of rotatable bonds is 3. The molecular weight excluding hydrogens is 222 g/mol. The lowest BCUT2D eigenvalue weighted by atomic mass is 10.2. The van der Waals surface area contributed by atoms with Gasteiger partial charge in [0.05, 0.1) is 25.5 Å². The number of H-pyrrole nitrogens is 1. The highest BCUT2D eigenvalue weighted by Crippen LogP contribution is 2.26. The standard InChI is InChI=1S/C11H11N3O3/c1-16-10-7(6-12-11(14-10)17-2)8-4-3-5-9(15)13-8/h3-6H,1-2H3,(H,13,15). The first-order chi connectivity index (χ1) is 8.24. The van der Waals surface area contributed by atoms with Gasteiger partial charge in [0.25, 0.3) is 0 Å². The molecule has 0 fully saturated rings. The van der Waals surface area contributed by atoms with E-state index < -0.39 is 0 Å². The minimum atomic E-state index is -0.194. The first kappa shape index (κ1) is 11.1. The summed E-state index contributed by atoms with van der Waals surface area (Å²) in [5, 5.41) is 0. The number of hydrogen-bond acceptors (Lipinski definition) is 5. The summed E-state index contributed by atoms with van der Waals surface area (Å²) in [7, 11) is 2.96. The second-order valence-corrected chi connectivity index (χ2v) is 3.21. The zero-order valence-corrected chi connectivity index (χ0v) is 9.43. The molecule has 0 saturated heterocycles. The lowest BCUT2D eigenvalue weighted by Gasteiger charge is -2.07. The molecule has 0 saturated carbocycles. The number of aromatic amines is 1. The number of aromatic nitrogens is 3. The first-order valence-electron chi connectivity index (χ1n) is 4.89. The van der Waals surface area contributed by atoms with Crippen molar-refractivity contribution in [3.8, 4) is 23.1 Å². The van der Waals surface area contributed by atoms with E-state index in [-0.39, 0.29) is 11.6 Å². The molecule has 2 heterocycles. The third-order valence-corrected chi connectivity index (χ3v) is 2.17. The number of pyridine rings is 1. The van der Waals surface area contributed by atoms with Crippen LogP contribution < -0.4 is 15.0 Å². The molecule has 0 spiro atoms. The van der Waals surface area contributed by atoms with Crippen LogP contribution in [0.15, 0.2) is 29.2 Å². The van der Waals surface area contributed by atoms with Crippen LogP contribution in [-0.4, -0.2) is 29.2 Å². The van der Waals surface area contributed by atoms with Gasteiger partial charge in [-0.25, -0.2) is 4.98 Å². The third-order valence-electron chi connectivity index (χ3n) is 2.17. The van der Waals surface area contributed by atoms with Crippen LogP contribution in [0.1, 0.15) is 0 Å². The Bertz CT molecular complexity index is 580. The fourth-order valence-electron chi connectivity index (χ4n) is 1.39. The Balaban J connectivity index is 2.55. The molecule has 0 aromatic carbocycles. The molecule has 0 aliphatic heterocycles. The van der Waals surface area contributed by atoms with Gasteiger partial charge < -0.3 is 14.5 Å². The summed E-state index contributed by atoms with van der Waals surface area (Å²) in [6.45, 7) is 0. The van der Waals surface area contributed by atoms with Gasteiger partial charge in [0.2, 0.25) is 11.4 Å². The van der Waals surface area contributed by atoms with Gasteiger partial charge in [-0.1, -0.05) is 6.07 Å². The lowest BCUT2D eigenvalue weighted by Crippen LogP contribution is -2.05. The zero-order valence-electron chi connectivity index (χ0n) is 9.43. The first-order valence-corrected chi connectivity index (χ1v) is 4.89. The van der Waals surface area contributed by atoms with Crippen molar-refractivity contribution in [2.24, 2.45) is 0 Å². The van der Waals surface area contributed by atoms with Crippen LogP contribution >= 0.6 is 0 Å². The minimum absolute atomic E-state index is 0.194. The van der Waals surface area contributed by atoms with Crippen LogP contribution in [0.5, 0.6) is 11.9 Å². The molecule has 2 aromatic heterocycles. The Hall–Kier alpha value is -2.37. The summed E-state index contributed by atoms with van der Waals surface area (Å²) < 4.78 is 10.0. The highest BCUT2D eigenvalue weighted by molar-refractivity contribution is 5.63. The van der Waals surface area contributed by atoms with Gasteiger partial charge in [0.15, 0.2) is 0 Å². The fraction of sp³-hybridized carbons (Fsp3) is 0.182. The quantitative estimate of drug-likeness (QED) is 0.850. The van der Waals surface area contributed by atoms with Crippen molar-refractivity contribution < 1.29 is 9.47 Å². The number of nitrogens with zero attached hydrogens (tertiary/aromatic N) is 2. The van der Waals surface area contributed by atoms with Crippen LogP contribution in [-0.2, 0) is 0 Å². The highest BCUT2D eigenvalue weighted by Gasteiger charge is 2.10. The summed E-state index contributed by atoms with van der Waals surface area (Å²) in [6.07, 6.45) is 1.54. The Labute approximate surface area is 97.3 Å². The van der Waals surface area contributed by atoms with Crippen LogP contribution in [0, 0.1) is 0 Å². The molecule has 6 heteroatoms. The lowest BCUT2D eigenvalue weighted by molar-refractivity contribution is 0.353. The van der Waals surface area contributed by atoms with Gasteiger partial charge in [-0.15, -0.1) is 0 Å². The molecule has 2 rings (SSSR count). The number of hydrogen-bond donors (Lipinski definition) is 1. The second kappa shape index (κ2) is 4.65. The van der Waals surface area contributed by atoms with E-state index in [4.69, 9.17) is 9.47 Å². The Morgan fingerprint density at radius 2 is 2.06 bits per heavy atom. The molecule has 0 bridgehead atoms. The predicted octanol–water partition coefficient (Wildman–Crippen LogP) is 0.849. The summed E-state index contributed by atoms with van der Waals surface area (Å²) in [6, 6.07) is 5.04. The molecule has 88 valence electrons. The average molecular weight is 233 g/mol. The van der Waals surface area contributed by atoms with Crippen molar-refractivity contribution in [1.82, 2.24) is 15.0 Å². The number of ether oxygens (including phenoxy) is 2. The predicted molar refractivity (Wildman–Crippen MR) is 61.2 cm³/mol. The summed E-state index contributed by atoms with van der Waals surface area (Å²) in [4.78, 5) is 21.9. The molecule has 0 atom stereocenters. The molecule has 0 radical (unpaired) electrons. The molecule has 2 aromatic rings. The fourth-order valence-corrected chi connectivity index (χ4v) is 1.39. The van der Waals surface area contributed by atoms with Gasteiger partial charge in [0.1, 0.15) is 0 Å². The van der Waals surface area contributed by atoms with E-state index in [1.165, 1.54) is 26.5 Å². The van der Waals surface area contributed by atoms with Crippen molar-refractivity contribution in [3.63, 3.8) is 0 Å². The van der Waals surface area contributed by atoms with E-state index in [1.54, 1.807) is 12.1 Å². The Morgan fingerprint density at radius 3 is 2.71 bits per heavy atom. The topological polar surface area (TPSA) is 77.1 Å². The molecule has 0 aliphatic rings. The largest absolute Gasteiger partial charge is 0.480 e. The molecular formula is C11H11N3O3. The maximum atomic E-state index is 11.2. The van der Waals surface area contributed by atoms with E-state index in [0.717, 1.165) is 0 Å². The normalized spacial score (nSPS) is 10.0. The number of nitrogens with one attached hydrogen (secondary N) is 1. The molecule has 1 N–H and O–H groups in total. The van der Waals surface area contributed by atoms with Gasteiger partial charge >= 0.3 is 6.01 Å². The van der Waals surface area contributed by atoms with E-state index in [9.17, 15) is 4.79 Å². The van der Waals surface area contributed by atoms with Gasteiger partial charge in [-0.3, -0.25) is 4.79 Å². The van der Waals surface area contributed by atoms with Crippen molar-refractivity contribution in [1.29, 1.82) is 0 Å². The van der Waals surface area contributed by atoms with Crippen LogP contribution in [0.25, 0.3) is 11.3 Å². The second-order valence-electron chi connectivity index (χ2n) is 3.21. The maximum absolute atomic E-state index is 11.2. The third kappa shape index (κ3) is 2.25. The van der Waals surface area contributed by atoms with Crippen molar-refractivity contribution in [2.75, 3.05) is 14.2 Å². The summed E-state index contributed by atoms with van der Waals surface area (Å²) >= 11 is 0. The molecule has 0 amide bonds. The monoisotopic (exact) mass is 233 g/mol. The van der Waals surface area contributed by atoms with Crippen molar-refractivity contribution in [2.45, 2.75) is 0 Å².